The van der Waals surface area contributed by atoms with Gasteiger partial charge in [-0.15, -0.1) is 0 Å². The van der Waals surface area contributed by atoms with Crippen molar-refractivity contribution in [2.45, 2.75) is 0 Å². The Hall–Kier alpha value is 3.23. The van der Waals surface area contributed by atoms with E-state index in [9.17, 15) is 0 Å². The Balaban J connectivity index is 0. The van der Waals surface area contributed by atoms with Gasteiger partial charge >= 0.3 is 0 Å². The van der Waals surface area contributed by atoms with Gasteiger partial charge in [0.15, 0.2) is 0 Å². The van der Waals surface area contributed by atoms with E-state index in [1.807, 2.05) is 0 Å². The number of hydrogen-bond acceptors (Lipinski definition) is 0. The summed E-state index contributed by atoms with van der Waals surface area (Å²) >= 11 is 0. The van der Waals surface area contributed by atoms with Crippen molar-refractivity contribution in [2.75, 3.05) is 0 Å². The van der Waals surface area contributed by atoms with Crippen molar-refractivity contribution in [3.63, 3.8) is 0 Å². The summed E-state index contributed by atoms with van der Waals surface area (Å²) in [5, 5.41) is 0. The van der Waals surface area contributed by atoms with Crippen LogP contribution < -0.4 is 0 Å². The second kappa shape index (κ2) is 26.9. The third-order valence-corrected chi connectivity index (χ3v) is 0. The first-order chi connectivity index (χ1) is 0. The van der Waals surface area contributed by atoms with Crippen LogP contribution in [0.25, 0.3) is 0 Å². The molecule has 0 N–H and O–H groups in total. The van der Waals surface area contributed by atoms with Gasteiger partial charge in [0.2, 0.25) is 0 Å². The van der Waals surface area contributed by atoms with Gasteiger partial charge in [-0.2, -0.15) is 0 Å². The van der Waals surface area contributed by atoms with Crippen LogP contribution in [0.4, 0.5) is 0 Å². The van der Waals surface area contributed by atoms with E-state index in [-0.39, 0.29) is 100 Å². The molecule has 0 aromatic heterocycles. The molecule has 2 radical (unpaired) electrons. The Morgan fingerprint density at radius 1 is 1.00 bits per heavy atom. The zero-order chi connectivity index (χ0) is 0. The summed E-state index contributed by atoms with van der Waals surface area (Å²) in [5.41, 5.74) is 0. The van der Waals surface area contributed by atoms with Crippen LogP contribution in [0.3, 0.4) is 0 Å². The largest absolute Gasteiger partial charge is 0 e. The summed E-state index contributed by atoms with van der Waals surface area (Å²) in [5.74, 6) is 0. The molecule has 0 unspecified atom stereocenters. The Bertz CT molecular complexity index is 11.6. The van der Waals surface area contributed by atoms with Gasteiger partial charge in [-0.05, 0) is 0 Å². The molecule has 44 valence electrons. The smallest absolute Gasteiger partial charge is 0 e. The molecule has 5 heavy (non-hydrogen) atoms. The van der Waals surface area contributed by atoms with Crippen LogP contribution in [0, 0.1) is 0 Å². The minimum absolute atomic E-state index is 0. The predicted molar refractivity (Wildman–Crippen MR) is 0 cm³/mol. The third-order valence-electron chi connectivity index (χ3n) is 0. The standard InChI is InChI=1S/Au.Cu.Pd.Pt.Zn. The van der Waals surface area contributed by atoms with Crippen LogP contribution in [0.15, 0.2) is 0 Å². The molecule has 0 aromatic rings. The summed E-state index contributed by atoms with van der Waals surface area (Å²) in [6, 6.07) is 0. The van der Waals surface area contributed by atoms with Crippen LogP contribution in [-0.4, -0.2) is 0 Å². The molecule has 0 bridgehead atoms. The molecule has 0 atom stereocenters. The van der Waals surface area contributed by atoms with Gasteiger partial charge in [-0.3, -0.25) is 0 Å². The van der Waals surface area contributed by atoms with E-state index in [0.29, 0.717) is 0 Å². The van der Waals surface area contributed by atoms with Crippen molar-refractivity contribution in [2.24, 2.45) is 0 Å². The fraction of sp³-hybridized carbons (Fsp3) is 0. The molecule has 0 fully saturated rings. The Kier molecular flexibility index (Phi) is 222. The van der Waals surface area contributed by atoms with Crippen molar-refractivity contribution in [1.29, 1.82) is 0 Å². The van der Waals surface area contributed by atoms with Gasteiger partial charge < -0.3 is 0 Å². The van der Waals surface area contributed by atoms with E-state index in [1.165, 1.54) is 0 Å². The normalized spacial score (nSPS) is 0. The monoisotopic (exact) mass is 625 g/mol. The second-order valence-corrected chi connectivity index (χ2v) is 0. The first-order valence-corrected chi connectivity index (χ1v) is 0. The average molecular weight is 627 g/mol. The van der Waals surface area contributed by atoms with Crippen molar-refractivity contribution in [3.05, 3.63) is 0 Å². The minimum atomic E-state index is 0. The van der Waals surface area contributed by atoms with Crippen molar-refractivity contribution in [3.8, 4) is 0 Å². The maximum Gasteiger partial charge on any atom is 0 e. The minimum Gasteiger partial charge on any atom is 0 e. The Morgan fingerprint density at radius 3 is 1.00 bits per heavy atom. The number of hydrogen-bond donors (Lipinski definition) is 0. The quantitative estimate of drug-likeness (QED) is 0.332. The van der Waals surface area contributed by atoms with E-state index in [0.717, 1.165) is 0 Å². The number of rotatable bonds is 0. The molecule has 0 saturated heterocycles. The van der Waals surface area contributed by atoms with E-state index < -0.39 is 0 Å². The molecule has 0 aliphatic carbocycles. The first-order valence-electron chi connectivity index (χ1n) is 0. The van der Waals surface area contributed by atoms with E-state index >= 15 is 0 Å². The van der Waals surface area contributed by atoms with Gasteiger partial charge in [0.05, 0.1) is 0 Å². The summed E-state index contributed by atoms with van der Waals surface area (Å²) in [6.45, 7) is 0. The van der Waals surface area contributed by atoms with Gasteiger partial charge in [0, 0.05) is 100 Å². The topological polar surface area (TPSA) is 0 Å². The summed E-state index contributed by atoms with van der Waals surface area (Å²) < 4.78 is 0. The summed E-state index contributed by atoms with van der Waals surface area (Å²) in [6.07, 6.45) is 0. The fourth-order valence-corrected chi connectivity index (χ4v) is 0. The van der Waals surface area contributed by atoms with E-state index in [1.54, 1.807) is 0 Å². The Labute approximate surface area is 98.6 Å². The summed E-state index contributed by atoms with van der Waals surface area (Å²) in [4.78, 5) is 0. The first kappa shape index (κ1) is 41.2. The van der Waals surface area contributed by atoms with Gasteiger partial charge in [0.1, 0.15) is 0 Å². The zero-order valence-corrected chi connectivity index (χ0v) is 11.8. The molecule has 0 amide bonds. The zero-order valence-electron chi connectivity index (χ0n) is 1.94. The van der Waals surface area contributed by atoms with Crippen LogP contribution >= 0.6 is 0 Å². The molecule has 0 heterocycles. The SMILES string of the molecule is [Au].[Cu].[Pd].[Pt].[Zn]. The molecule has 0 aliphatic rings. The average Bonchev–Trinajstić information content (AvgIpc) is 0. The molecule has 0 spiro atoms. The van der Waals surface area contributed by atoms with Gasteiger partial charge in [-0.25, -0.2) is 0 Å². The van der Waals surface area contributed by atoms with Crippen LogP contribution in [0.2, 0.25) is 0 Å². The maximum absolute atomic E-state index is 0. The molecule has 5 heteroatoms. The third kappa shape index (κ3) is 18.9. The van der Waals surface area contributed by atoms with Crippen LogP contribution in [-0.2, 0) is 100 Å². The summed E-state index contributed by atoms with van der Waals surface area (Å²) in [7, 11) is 0. The van der Waals surface area contributed by atoms with Gasteiger partial charge in [-0.1, -0.05) is 0 Å². The van der Waals surface area contributed by atoms with Crippen molar-refractivity contribution in [1.82, 2.24) is 0 Å². The molecule has 0 aromatic carbocycles. The molecular formula is AuCuPdPtZn. The van der Waals surface area contributed by atoms with Crippen LogP contribution in [0.5, 0.6) is 0 Å². The van der Waals surface area contributed by atoms with Crippen molar-refractivity contribution < 1.29 is 100 Å². The molecule has 0 aliphatic heterocycles. The molecule has 0 saturated carbocycles. The molecule has 0 nitrogen and oxygen atoms in total. The molecular weight excluding hydrogens is 627 g/mol. The molecule has 0 rings (SSSR count). The van der Waals surface area contributed by atoms with E-state index in [4.69, 9.17) is 0 Å². The fourth-order valence-electron chi connectivity index (χ4n) is 0. The predicted octanol–water partition coefficient (Wildman–Crippen LogP) is -0.0125. The maximum atomic E-state index is 0. The van der Waals surface area contributed by atoms with Crippen LogP contribution in [0.1, 0.15) is 0 Å². The second-order valence-electron chi connectivity index (χ2n) is 0. The van der Waals surface area contributed by atoms with Crippen molar-refractivity contribution >= 4 is 0 Å². The Morgan fingerprint density at radius 2 is 1.00 bits per heavy atom. The van der Waals surface area contributed by atoms with Gasteiger partial charge in [0.25, 0.3) is 0 Å². The van der Waals surface area contributed by atoms with E-state index in [2.05, 4.69) is 0 Å².